The molecule has 1 aliphatic heterocycles. The molecule has 0 fully saturated rings. The second-order valence-electron chi connectivity index (χ2n) is 6.74. The van der Waals surface area contributed by atoms with E-state index in [0.29, 0.717) is 11.6 Å². The van der Waals surface area contributed by atoms with E-state index in [4.69, 9.17) is 14.8 Å². The third-order valence-corrected chi connectivity index (χ3v) is 7.17. The molecule has 6 nitrogen and oxygen atoms in total. The average Bonchev–Trinajstić information content (AvgIpc) is 3.25. The van der Waals surface area contributed by atoms with Gasteiger partial charge in [-0.05, 0) is 36.8 Å². The summed E-state index contributed by atoms with van der Waals surface area (Å²) < 4.78 is 8.15. The van der Waals surface area contributed by atoms with Gasteiger partial charge in [0, 0.05) is 5.56 Å². The zero-order valence-corrected chi connectivity index (χ0v) is 17.5. The molecule has 0 unspecified atom stereocenters. The molecule has 0 radical (unpaired) electrons. The Morgan fingerprint density at radius 3 is 2.72 bits per heavy atom. The van der Waals surface area contributed by atoms with Crippen LogP contribution < -0.4 is 10.1 Å². The number of carbonyl (C=O) groups is 1. The van der Waals surface area contributed by atoms with Crippen LogP contribution in [0.2, 0.25) is 0 Å². The lowest BCUT2D eigenvalue weighted by Gasteiger charge is -2.15. The number of methoxy groups -OCH3 is 1. The SMILES string of the molecule is COc1ccc([C@@H]2SCC(=O)Nc3c2c(C)nn3-c2nc3ccccc3s2)cc1. The van der Waals surface area contributed by atoms with E-state index in [1.165, 1.54) is 0 Å². The van der Waals surface area contributed by atoms with Crippen LogP contribution in [0.1, 0.15) is 22.1 Å². The van der Waals surface area contributed by atoms with Crippen molar-refractivity contribution in [2.75, 3.05) is 18.2 Å². The molecule has 8 heteroatoms. The summed E-state index contributed by atoms with van der Waals surface area (Å²) in [5.41, 5.74) is 3.94. The van der Waals surface area contributed by atoms with Crippen LogP contribution in [0.5, 0.6) is 5.75 Å². The van der Waals surface area contributed by atoms with E-state index < -0.39 is 0 Å². The summed E-state index contributed by atoms with van der Waals surface area (Å²) in [7, 11) is 1.66. The van der Waals surface area contributed by atoms with Crippen molar-refractivity contribution < 1.29 is 9.53 Å². The zero-order chi connectivity index (χ0) is 20.0. The lowest BCUT2D eigenvalue weighted by molar-refractivity contribution is -0.113. The van der Waals surface area contributed by atoms with E-state index in [-0.39, 0.29) is 11.2 Å². The van der Waals surface area contributed by atoms with Crippen molar-refractivity contribution in [1.82, 2.24) is 14.8 Å². The van der Waals surface area contributed by atoms with Crippen LogP contribution in [0.15, 0.2) is 48.5 Å². The molecule has 4 aromatic rings. The predicted molar refractivity (Wildman–Crippen MR) is 117 cm³/mol. The molecule has 146 valence electrons. The van der Waals surface area contributed by atoms with Crippen LogP contribution >= 0.6 is 23.1 Å². The normalized spacial score (nSPS) is 16.3. The number of fused-ring (bicyclic) bond motifs is 2. The number of rotatable bonds is 3. The number of benzene rings is 2. The van der Waals surface area contributed by atoms with E-state index in [2.05, 4.69) is 5.32 Å². The minimum absolute atomic E-state index is 0.00187. The Hall–Kier alpha value is -2.84. The number of ether oxygens (including phenoxy) is 1. The van der Waals surface area contributed by atoms with Gasteiger partial charge >= 0.3 is 0 Å². The first kappa shape index (κ1) is 18.2. The topological polar surface area (TPSA) is 69.0 Å². The van der Waals surface area contributed by atoms with Gasteiger partial charge in [0.2, 0.25) is 11.0 Å². The molecule has 29 heavy (non-hydrogen) atoms. The fourth-order valence-electron chi connectivity index (χ4n) is 3.51. The standard InChI is InChI=1S/C21H18N4O2S2/c1-12-18-19(13-7-9-14(27-2)10-8-13)28-11-17(26)23-20(18)25(24-12)21-22-15-5-3-4-6-16(15)29-21/h3-10,19H,11H2,1-2H3,(H,23,26)/t19-/m0/s1. The molecule has 0 aliphatic carbocycles. The first-order valence-corrected chi connectivity index (χ1v) is 11.0. The van der Waals surface area contributed by atoms with Crippen molar-refractivity contribution in [3.8, 4) is 10.9 Å². The fourth-order valence-corrected chi connectivity index (χ4v) is 5.63. The molecule has 2 aromatic heterocycles. The van der Waals surface area contributed by atoms with Crippen LogP contribution in [-0.4, -0.2) is 33.5 Å². The summed E-state index contributed by atoms with van der Waals surface area (Å²) in [5, 5.41) is 8.56. The number of nitrogens with zero attached hydrogens (tertiary/aromatic N) is 3. The Labute approximate surface area is 175 Å². The molecule has 1 N–H and O–H groups in total. The van der Waals surface area contributed by atoms with E-state index in [9.17, 15) is 4.79 Å². The van der Waals surface area contributed by atoms with E-state index in [1.54, 1.807) is 34.9 Å². The number of hydrogen-bond acceptors (Lipinski definition) is 6. The highest BCUT2D eigenvalue weighted by molar-refractivity contribution is 8.00. The molecule has 2 aromatic carbocycles. The second-order valence-corrected chi connectivity index (χ2v) is 8.84. The molecule has 0 bridgehead atoms. The Balaban J connectivity index is 1.66. The quantitative estimate of drug-likeness (QED) is 0.524. The number of hydrogen-bond donors (Lipinski definition) is 1. The van der Waals surface area contributed by atoms with Gasteiger partial charge in [0.25, 0.3) is 0 Å². The van der Waals surface area contributed by atoms with Crippen LogP contribution in [0.3, 0.4) is 0 Å². The zero-order valence-electron chi connectivity index (χ0n) is 15.9. The third-order valence-electron chi connectivity index (χ3n) is 4.89. The van der Waals surface area contributed by atoms with Gasteiger partial charge in [0.05, 0.1) is 34.0 Å². The van der Waals surface area contributed by atoms with Crippen molar-refractivity contribution in [3.05, 3.63) is 65.4 Å². The molecule has 5 rings (SSSR count). The predicted octanol–water partition coefficient (Wildman–Crippen LogP) is 4.57. The van der Waals surface area contributed by atoms with E-state index in [1.807, 2.05) is 55.5 Å². The third kappa shape index (κ3) is 3.18. The van der Waals surface area contributed by atoms with Crippen molar-refractivity contribution in [2.45, 2.75) is 12.2 Å². The molecule has 0 spiro atoms. The summed E-state index contributed by atoms with van der Waals surface area (Å²) in [6.45, 7) is 1.98. The largest absolute Gasteiger partial charge is 0.497 e. The van der Waals surface area contributed by atoms with Crippen molar-refractivity contribution in [3.63, 3.8) is 0 Å². The molecule has 1 amide bonds. The summed E-state index contributed by atoms with van der Waals surface area (Å²) >= 11 is 3.17. The average molecular weight is 423 g/mol. The van der Waals surface area contributed by atoms with Crippen LogP contribution in [0.25, 0.3) is 15.3 Å². The molecule has 3 heterocycles. The maximum atomic E-state index is 12.5. The number of nitrogens with one attached hydrogen (secondary N) is 1. The first-order valence-electron chi connectivity index (χ1n) is 9.15. The lowest BCUT2D eigenvalue weighted by Crippen LogP contribution is -2.15. The minimum Gasteiger partial charge on any atom is -0.497 e. The smallest absolute Gasteiger partial charge is 0.235 e. The molecule has 1 atom stereocenters. The van der Waals surface area contributed by atoms with Crippen LogP contribution in [0, 0.1) is 6.92 Å². The van der Waals surface area contributed by atoms with E-state index >= 15 is 0 Å². The van der Waals surface area contributed by atoms with Gasteiger partial charge < -0.3 is 10.1 Å². The number of carbonyl (C=O) groups excluding carboxylic acids is 1. The van der Waals surface area contributed by atoms with Crippen LogP contribution in [0.4, 0.5) is 5.82 Å². The Bertz CT molecular complexity index is 1180. The number of aromatic nitrogens is 3. The van der Waals surface area contributed by atoms with Crippen molar-refractivity contribution in [1.29, 1.82) is 0 Å². The molecule has 0 saturated carbocycles. The monoisotopic (exact) mass is 422 g/mol. The fraction of sp³-hybridized carbons (Fsp3) is 0.190. The minimum atomic E-state index is -0.0328. The Morgan fingerprint density at radius 1 is 1.17 bits per heavy atom. The molecule has 0 saturated heterocycles. The Kier molecular flexibility index (Phi) is 4.52. The maximum Gasteiger partial charge on any atom is 0.235 e. The number of para-hydroxylation sites is 1. The highest BCUT2D eigenvalue weighted by Crippen LogP contribution is 2.44. The van der Waals surface area contributed by atoms with Crippen molar-refractivity contribution >= 4 is 45.0 Å². The van der Waals surface area contributed by atoms with Gasteiger partial charge in [-0.15, -0.1) is 11.8 Å². The van der Waals surface area contributed by atoms with Gasteiger partial charge in [-0.3, -0.25) is 4.79 Å². The second kappa shape index (κ2) is 7.20. The van der Waals surface area contributed by atoms with Gasteiger partial charge in [-0.1, -0.05) is 35.6 Å². The lowest BCUT2D eigenvalue weighted by atomic mass is 10.0. The van der Waals surface area contributed by atoms with E-state index in [0.717, 1.165) is 37.9 Å². The van der Waals surface area contributed by atoms with Crippen molar-refractivity contribution in [2.24, 2.45) is 0 Å². The van der Waals surface area contributed by atoms with Gasteiger partial charge in [0.15, 0.2) is 0 Å². The highest BCUT2D eigenvalue weighted by atomic mass is 32.2. The first-order chi connectivity index (χ1) is 14.1. The van der Waals surface area contributed by atoms with Gasteiger partial charge in [-0.25, -0.2) is 4.98 Å². The summed E-state index contributed by atoms with van der Waals surface area (Å²) in [4.78, 5) is 17.2. The summed E-state index contributed by atoms with van der Waals surface area (Å²) in [6, 6.07) is 16.0. The summed E-state index contributed by atoms with van der Waals surface area (Å²) in [6.07, 6.45) is 0. The Morgan fingerprint density at radius 2 is 1.97 bits per heavy atom. The summed E-state index contributed by atoms with van der Waals surface area (Å²) in [5.74, 6) is 1.86. The molecular formula is C21H18N4O2S2. The molecule has 1 aliphatic rings. The number of thioether (sulfide) groups is 1. The number of aryl methyl sites for hydroxylation is 1. The number of thiazole rings is 1. The number of anilines is 1. The van der Waals surface area contributed by atoms with Gasteiger partial charge in [-0.2, -0.15) is 9.78 Å². The highest BCUT2D eigenvalue weighted by Gasteiger charge is 2.31. The van der Waals surface area contributed by atoms with Gasteiger partial charge in [0.1, 0.15) is 11.6 Å². The van der Waals surface area contributed by atoms with Crippen LogP contribution in [-0.2, 0) is 4.79 Å². The molecular weight excluding hydrogens is 404 g/mol. The number of amides is 1. The maximum absolute atomic E-state index is 12.5.